The number of hydrogen-bond acceptors (Lipinski definition) is 3. The van der Waals surface area contributed by atoms with Gasteiger partial charge in [0.2, 0.25) is 0 Å². The van der Waals surface area contributed by atoms with Gasteiger partial charge in [-0.2, -0.15) is 0 Å². The molecule has 3 nitrogen and oxygen atoms in total. The molecule has 1 atom stereocenters. The lowest BCUT2D eigenvalue weighted by molar-refractivity contribution is 0.682. The average molecular weight is 111 g/mol. The van der Waals surface area contributed by atoms with E-state index < -0.39 is 0 Å². The average Bonchev–Trinajstić information content (AvgIpc) is 1.64. The predicted molar refractivity (Wildman–Crippen MR) is 32.5 cm³/mol. The molecule has 0 aromatic heterocycles. The molecule has 8 heavy (non-hydrogen) atoms. The van der Waals surface area contributed by atoms with Crippen LogP contribution in [0, 0.1) is 0 Å². The molecule has 1 aliphatic rings. The largest absolute Gasteiger partial charge is 0.385 e. The summed E-state index contributed by atoms with van der Waals surface area (Å²) in [7, 11) is 0. The van der Waals surface area contributed by atoms with Crippen LogP contribution in [-0.2, 0) is 0 Å². The molecule has 0 amide bonds. The summed E-state index contributed by atoms with van der Waals surface area (Å²) in [6.07, 6.45) is 5.32. The van der Waals surface area contributed by atoms with Crippen LogP contribution in [0.3, 0.4) is 0 Å². The Balaban J connectivity index is 2.59. The van der Waals surface area contributed by atoms with Crippen LogP contribution in [0.15, 0.2) is 24.0 Å². The van der Waals surface area contributed by atoms with Gasteiger partial charge in [0.1, 0.15) is 0 Å². The van der Waals surface area contributed by atoms with Crippen molar-refractivity contribution in [1.29, 1.82) is 0 Å². The maximum Gasteiger partial charge on any atom is 0.0974 e. The molecule has 1 rings (SSSR count). The minimum atomic E-state index is -0.111. The Hall–Kier alpha value is -0.960. The Morgan fingerprint density at radius 2 is 2.38 bits per heavy atom. The minimum absolute atomic E-state index is 0.111. The summed E-state index contributed by atoms with van der Waals surface area (Å²) in [4.78, 5) is 0. The maximum absolute atomic E-state index is 5.41. The third-order valence-corrected chi connectivity index (χ3v) is 0.928. The van der Waals surface area contributed by atoms with Crippen LogP contribution in [0.2, 0.25) is 0 Å². The van der Waals surface area contributed by atoms with Crippen molar-refractivity contribution in [2.45, 2.75) is 6.17 Å². The fourth-order valence-electron chi connectivity index (χ4n) is 0.568. The first-order chi connectivity index (χ1) is 3.79. The van der Waals surface area contributed by atoms with E-state index in [1.807, 2.05) is 12.2 Å². The number of rotatable bonds is 0. The van der Waals surface area contributed by atoms with Crippen molar-refractivity contribution in [1.82, 2.24) is 5.32 Å². The standard InChI is InChI=1S/C5H9N3/c6-4-2-1-3-5(7)8-4/h1-4,8H,6-7H2. The van der Waals surface area contributed by atoms with Crippen molar-refractivity contribution >= 4 is 0 Å². The highest BCUT2D eigenvalue weighted by Crippen LogP contribution is 1.90. The van der Waals surface area contributed by atoms with Gasteiger partial charge in [-0.05, 0) is 12.2 Å². The SMILES string of the molecule is NC1=CC=CC(N)N1. The Kier molecular flexibility index (Phi) is 1.22. The van der Waals surface area contributed by atoms with Crippen LogP contribution in [-0.4, -0.2) is 6.17 Å². The van der Waals surface area contributed by atoms with Gasteiger partial charge in [0.05, 0.1) is 12.0 Å². The molecule has 0 saturated carbocycles. The minimum Gasteiger partial charge on any atom is -0.385 e. The Morgan fingerprint density at radius 1 is 1.62 bits per heavy atom. The second-order valence-electron chi connectivity index (χ2n) is 1.68. The van der Waals surface area contributed by atoms with Gasteiger partial charge in [-0.3, -0.25) is 0 Å². The number of allylic oxidation sites excluding steroid dienone is 2. The van der Waals surface area contributed by atoms with Crippen LogP contribution in [0.4, 0.5) is 0 Å². The third kappa shape index (κ3) is 1.01. The van der Waals surface area contributed by atoms with Crippen LogP contribution in [0.1, 0.15) is 0 Å². The van der Waals surface area contributed by atoms with E-state index in [-0.39, 0.29) is 6.17 Å². The Labute approximate surface area is 48.0 Å². The fourth-order valence-corrected chi connectivity index (χ4v) is 0.568. The molecule has 1 heterocycles. The molecule has 0 bridgehead atoms. The summed E-state index contributed by atoms with van der Waals surface area (Å²) >= 11 is 0. The highest BCUT2D eigenvalue weighted by atomic mass is 15.1. The summed E-state index contributed by atoms with van der Waals surface area (Å²) in [5, 5.41) is 2.81. The van der Waals surface area contributed by atoms with Gasteiger partial charge in [-0.25, -0.2) is 0 Å². The van der Waals surface area contributed by atoms with Crippen molar-refractivity contribution in [2.75, 3.05) is 0 Å². The lowest BCUT2D eigenvalue weighted by atomic mass is 10.3. The maximum atomic E-state index is 5.41. The van der Waals surface area contributed by atoms with Gasteiger partial charge in [-0.15, -0.1) is 0 Å². The third-order valence-electron chi connectivity index (χ3n) is 0.928. The smallest absolute Gasteiger partial charge is 0.0974 e. The van der Waals surface area contributed by atoms with Crippen molar-refractivity contribution in [3.63, 3.8) is 0 Å². The molecule has 0 aromatic carbocycles. The van der Waals surface area contributed by atoms with Crippen LogP contribution >= 0.6 is 0 Å². The van der Waals surface area contributed by atoms with E-state index >= 15 is 0 Å². The first-order valence-electron chi connectivity index (χ1n) is 2.45. The second-order valence-corrected chi connectivity index (χ2v) is 1.68. The van der Waals surface area contributed by atoms with E-state index in [4.69, 9.17) is 11.5 Å². The second kappa shape index (κ2) is 1.88. The van der Waals surface area contributed by atoms with Crippen molar-refractivity contribution in [3.05, 3.63) is 24.0 Å². The molecular weight excluding hydrogens is 102 g/mol. The summed E-state index contributed by atoms with van der Waals surface area (Å²) in [5.74, 6) is 0.625. The van der Waals surface area contributed by atoms with E-state index in [1.54, 1.807) is 6.08 Å². The molecule has 0 aliphatic carbocycles. The van der Waals surface area contributed by atoms with Crippen LogP contribution in [0.25, 0.3) is 0 Å². The molecule has 44 valence electrons. The predicted octanol–water partition coefficient (Wildman–Crippen LogP) is -0.769. The summed E-state index contributed by atoms with van der Waals surface area (Å²) in [6, 6.07) is 0. The van der Waals surface area contributed by atoms with Crippen LogP contribution < -0.4 is 16.8 Å². The topological polar surface area (TPSA) is 64.1 Å². The van der Waals surface area contributed by atoms with E-state index in [0.717, 1.165) is 0 Å². The van der Waals surface area contributed by atoms with Crippen molar-refractivity contribution in [3.8, 4) is 0 Å². The molecule has 1 aliphatic heterocycles. The first kappa shape index (κ1) is 5.18. The fraction of sp³-hybridized carbons (Fsp3) is 0.200. The monoisotopic (exact) mass is 111 g/mol. The van der Waals surface area contributed by atoms with E-state index in [0.29, 0.717) is 5.82 Å². The Bertz CT molecular complexity index is 137. The molecule has 0 aromatic rings. The van der Waals surface area contributed by atoms with Gasteiger partial charge in [0.25, 0.3) is 0 Å². The van der Waals surface area contributed by atoms with Crippen molar-refractivity contribution < 1.29 is 0 Å². The van der Waals surface area contributed by atoms with E-state index in [2.05, 4.69) is 5.32 Å². The van der Waals surface area contributed by atoms with E-state index in [1.165, 1.54) is 0 Å². The zero-order valence-corrected chi connectivity index (χ0v) is 4.46. The molecule has 0 fully saturated rings. The molecular formula is C5H9N3. The Morgan fingerprint density at radius 3 is 2.75 bits per heavy atom. The summed E-state index contributed by atoms with van der Waals surface area (Å²) < 4.78 is 0. The molecule has 5 N–H and O–H groups in total. The van der Waals surface area contributed by atoms with Gasteiger partial charge >= 0.3 is 0 Å². The summed E-state index contributed by atoms with van der Waals surface area (Å²) in [6.45, 7) is 0. The summed E-state index contributed by atoms with van der Waals surface area (Å²) in [5.41, 5.74) is 10.8. The van der Waals surface area contributed by atoms with Gasteiger partial charge in [0, 0.05) is 0 Å². The zero-order chi connectivity index (χ0) is 5.98. The number of nitrogens with one attached hydrogen (secondary N) is 1. The molecule has 0 radical (unpaired) electrons. The van der Waals surface area contributed by atoms with Crippen molar-refractivity contribution in [2.24, 2.45) is 11.5 Å². The number of hydrogen-bond donors (Lipinski definition) is 3. The van der Waals surface area contributed by atoms with Gasteiger partial charge in [0.15, 0.2) is 0 Å². The lowest BCUT2D eigenvalue weighted by Crippen LogP contribution is -2.38. The number of nitrogens with two attached hydrogens (primary N) is 2. The van der Waals surface area contributed by atoms with Crippen LogP contribution in [0.5, 0.6) is 0 Å². The highest BCUT2D eigenvalue weighted by molar-refractivity contribution is 5.16. The van der Waals surface area contributed by atoms with Gasteiger partial charge in [-0.1, -0.05) is 6.08 Å². The zero-order valence-electron chi connectivity index (χ0n) is 4.46. The molecule has 0 spiro atoms. The molecule has 3 heteroatoms. The normalized spacial score (nSPS) is 26.6. The molecule has 0 saturated heterocycles. The highest BCUT2D eigenvalue weighted by Gasteiger charge is 1.97. The molecule has 1 unspecified atom stereocenters. The first-order valence-corrected chi connectivity index (χ1v) is 2.45. The van der Waals surface area contributed by atoms with Gasteiger partial charge < -0.3 is 16.8 Å². The lowest BCUT2D eigenvalue weighted by Gasteiger charge is -2.13. The number of dihydropyridines is 1. The quantitative estimate of drug-likeness (QED) is 0.384. The van der Waals surface area contributed by atoms with E-state index in [9.17, 15) is 0 Å².